The molecule has 1 aliphatic rings. The first kappa shape index (κ1) is 18.9. The molecule has 124 valence electrons. The summed E-state index contributed by atoms with van der Waals surface area (Å²) in [4.78, 5) is 14.5. The van der Waals surface area contributed by atoms with Crippen molar-refractivity contribution >= 4 is 18.3 Å². The van der Waals surface area contributed by atoms with Crippen molar-refractivity contribution in [3.05, 3.63) is 35.4 Å². The first-order valence-corrected chi connectivity index (χ1v) is 7.89. The fourth-order valence-corrected chi connectivity index (χ4v) is 2.80. The number of piperazine rings is 1. The van der Waals surface area contributed by atoms with Crippen LogP contribution in [0.3, 0.4) is 0 Å². The van der Waals surface area contributed by atoms with Gasteiger partial charge in [-0.3, -0.25) is 4.79 Å². The molecule has 0 radical (unpaired) electrons. The minimum absolute atomic E-state index is 0. The Hall–Kier alpha value is -1.10. The van der Waals surface area contributed by atoms with Gasteiger partial charge in [-0.25, -0.2) is 0 Å². The zero-order chi connectivity index (χ0) is 15.2. The molecule has 2 atom stereocenters. The maximum absolute atomic E-state index is 12.6. The lowest BCUT2D eigenvalue weighted by atomic mass is 10.0. The lowest BCUT2D eigenvalue weighted by Crippen LogP contribution is -2.51. The van der Waals surface area contributed by atoms with E-state index in [-0.39, 0.29) is 30.5 Å². The number of hydrogen-bond donors (Lipinski definition) is 1. The Morgan fingerprint density at radius 1 is 1.36 bits per heavy atom. The molecule has 22 heavy (non-hydrogen) atoms. The third kappa shape index (κ3) is 4.45. The van der Waals surface area contributed by atoms with Crippen LogP contribution in [-0.4, -0.2) is 43.2 Å². The molecule has 0 aromatic heterocycles. The Morgan fingerprint density at radius 3 is 2.64 bits per heavy atom. The van der Waals surface area contributed by atoms with Crippen LogP contribution in [0.25, 0.3) is 0 Å². The zero-order valence-electron chi connectivity index (χ0n) is 13.7. The summed E-state index contributed by atoms with van der Waals surface area (Å²) in [6.07, 6.45) is 0.665. The minimum Gasteiger partial charge on any atom is -0.369 e. The summed E-state index contributed by atoms with van der Waals surface area (Å²) in [5.74, 6) is 0.0860. The maximum atomic E-state index is 12.6. The number of halogens is 1. The van der Waals surface area contributed by atoms with E-state index in [0.29, 0.717) is 6.61 Å². The number of rotatable bonds is 5. The van der Waals surface area contributed by atoms with Gasteiger partial charge in [0, 0.05) is 26.2 Å². The summed E-state index contributed by atoms with van der Waals surface area (Å²) in [5.41, 5.74) is 2.51. The van der Waals surface area contributed by atoms with Crippen molar-refractivity contribution in [3.63, 3.8) is 0 Å². The molecule has 1 aromatic carbocycles. The van der Waals surface area contributed by atoms with E-state index in [4.69, 9.17) is 4.74 Å². The molecule has 1 fully saturated rings. The molecule has 0 bridgehead atoms. The van der Waals surface area contributed by atoms with Crippen LogP contribution in [-0.2, 0) is 16.0 Å². The molecule has 0 spiro atoms. The van der Waals surface area contributed by atoms with Crippen LogP contribution in [0.5, 0.6) is 0 Å². The average Bonchev–Trinajstić information content (AvgIpc) is 2.54. The zero-order valence-corrected chi connectivity index (χ0v) is 14.5. The second kappa shape index (κ2) is 9.13. The van der Waals surface area contributed by atoms with Crippen molar-refractivity contribution in [1.82, 2.24) is 10.2 Å². The summed E-state index contributed by atoms with van der Waals surface area (Å²) >= 11 is 0. The summed E-state index contributed by atoms with van der Waals surface area (Å²) in [7, 11) is 0. The largest absolute Gasteiger partial charge is 0.369 e. The summed E-state index contributed by atoms with van der Waals surface area (Å²) in [5, 5.41) is 3.38. The van der Waals surface area contributed by atoms with Gasteiger partial charge in [-0.1, -0.05) is 31.2 Å². The van der Waals surface area contributed by atoms with E-state index in [1.54, 1.807) is 0 Å². The van der Waals surface area contributed by atoms with Crippen LogP contribution >= 0.6 is 12.4 Å². The number of amides is 1. The fourth-order valence-electron chi connectivity index (χ4n) is 2.80. The number of hydrogen-bond acceptors (Lipinski definition) is 3. The van der Waals surface area contributed by atoms with Gasteiger partial charge in [-0.15, -0.1) is 12.4 Å². The van der Waals surface area contributed by atoms with E-state index in [2.05, 4.69) is 36.5 Å². The predicted molar refractivity (Wildman–Crippen MR) is 91.5 cm³/mol. The number of ether oxygens (including phenoxy) is 1. The van der Waals surface area contributed by atoms with E-state index in [0.717, 1.165) is 26.1 Å². The van der Waals surface area contributed by atoms with Gasteiger partial charge in [-0.2, -0.15) is 0 Å². The minimum atomic E-state index is -0.370. The highest BCUT2D eigenvalue weighted by molar-refractivity contribution is 5.85. The second-order valence-corrected chi connectivity index (χ2v) is 5.44. The van der Waals surface area contributed by atoms with Crippen molar-refractivity contribution in [2.75, 3.05) is 26.2 Å². The number of benzene rings is 1. The van der Waals surface area contributed by atoms with Gasteiger partial charge in [0.05, 0.1) is 6.04 Å². The predicted octanol–water partition coefficient (Wildman–Crippen LogP) is 2.57. The first-order chi connectivity index (χ1) is 10.2. The molecule has 1 heterocycles. The van der Waals surface area contributed by atoms with Crippen LogP contribution in [0.15, 0.2) is 24.3 Å². The van der Waals surface area contributed by atoms with Gasteiger partial charge in [0.1, 0.15) is 6.10 Å². The standard InChI is InChI=1S/C17H26N2O2.ClH/c1-4-14-6-8-15(9-7-14)16-12-18-10-11-19(16)17(20)13(3)21-5-2;/h6-9,13,16,18H,4-5,10-12H2,1-3H3;1H. The van der Waals surface area contributed by atoms with Crippen LogP contribution in [0.1, 0.15) is 37.9 Å². The molecule has 1 aromatic rings. The molecule has 1 N–H and O–H groups in total. The Bertz CT molecular complexity index is 464. The van der Waals surface area contributed by atoms with Gasteiger partial charge in [0.15, 0.2) is 0 Å². The van der Waals surface area contributed by atoms with Crippen LogP contribution < -0.4 is 5.32 Å². The van der Waals surface area contributed by atoms with Crippen LogP contribution in [0, 0.1) is 0 Å². The highest BCUT2D eigenvalue weighted by atomic mass is 35.5. The van der Waals surface area contributed by atoms with Crippen molar-refractivity contribution in [2.45, 2.75) is 39.3 Å². The van der Waals surface area contributed by atoms with Crippen molar-refractivity contribution in [3.8, 4) is 0 Å². The Labute approximate surface area is 139 Å². The third-order valence-corrected chi connectivity index (χ3v) is 4.06. The molecule has 2 rings (SSSR count). The topological polar surface area (TPSA) is 41.6 Å². The number of nitrogens with one attached hydrogen (secondary N) is 1. The quantitative estimate of drug-likeness (QED) is 0.904. The lowest BCUT2D eigenvalue weighted by Gasteiger charge is -2.38. The molecule has 2 unspecified atom stereocenters. The van der Waals surface area contributed by atoms with Gasteiger partial charge in [0.2, 0.25) is 0 Å². The highest BCUT2D eigenvalue weighted by Gasteiger charge is 2.30. The molecular formula is C17H27ClN2O2. The first-order valence-electron chi connectivity index (χ1n) is 7.89. The third-order valence-electron chi connectivity index (χ3n) is 4.06. The van der Waals surface area contributed by atoms with Crippen molar-refractivity contribution in [1.29, 1.82) is 0 Å². The Balaban J connectivity index is 0.00000242. The molecular weight excluding hydrogens is 300 g/mol. The SMILES string of the molecule is CCOC(C)C(=O)N1CCNCC1c1ccc(CC)cc1.Cl. The lowest BCUT2D eigenvalue weighted by molar-refractivity contribution is -0.145. The number of carbonyl (C=O) groups excluding carboxylic acids is 1. The van der Waals surface area contributed by atoms with Gasteiger partial charge in [-0.05, 0) is 31.4 Å². The molecule has 1 saturated heterocycles. The van der Waals surface area contributed by atoms with Gasteiger partial charge < -0.3 is 15.0 Å². The monoisotopic (exact) mass is 326 g/mol. The van der Waals surface area contributed by atoms with Crippen molar-refractivity contribution < 1.29 is 9.53 Å². The normalized spacial score (nSPS) is 19.4. The molecule has 1 amide bonds. The van der Waals surface area contributed by atoms with E-state index >= 15 is 0 Å². The van der Waals surface area contributed by atoms with Gasteiger partial charge in [0.25, 0.3) is 5.91 Å². The average molecular weight is 327 g/mol. The van der Waals surface area contributed by atoms with E-state index in [1.807, 2.05) is 18.7 Å². The fraction of sp³-hybridized carbons (Fsp3) is 0.588. The molecule has 0 saturated carbocycles. The van der Waals surface area contributed by atoms with Gasteiger partial charge >= 0.3 is 0 Å². The summed E-state index contributed by atoms with van der Waals surface area (Å²) in [6, 6.07) is 8.68. The Kier molecular flexibility index (Phi) is 7.87. The van der Waals surface area contributed by atoms with Crippen LogP contribution in [0.2, 0.25) is 0 Å². The molecule has 1 aliphatic heterocycles. The maximum Gasteiger partial charge on any atom is 0.252 e. The van der Waals surface area contributed by atoms with Crippen LogP contribution in [0.4, 0.5) is 0 Å². The second-order valence-electron chi connectivity index (χ2n) is 5.44. The summed E-state index contributed by atoms with van der Waals surface area (Å²) in [6.45, 7) is 8.85. The van der Waals surface area contributed by atoms with E-state index < -0.39 is 0 Å². The molecule has 0 aliphatic carbocycles. The molecule has 5 heteroatoms. The van der Waals surface area contributed by atoms with Crippen molar-refractivity contribution in [2.24, 2.45) is 0 Å². The summed E-state index contributed by atoms with van der Waals surface area (Å²) < 4.78 is 5.47. The Morgan fingerprint density at radius 2 is 2.05 bits per heavy atom. The highest BCUT2D eigenvalue weighted by Crippen LogP contribution is 2.24. The number of aryl methyl sites for hydroxylation is 1. The smallest absolute Gasteiger partial charge is 0.252 e. The molecule has 4 nitrogen and oxygen atoms in total. The number of carbonyl (C=O) groups is 1. The van der Waals surface area contributed by atoms with E-state index in [1.165, 1.54) is 11.1 Å². The van der Waals surface area contributed by atoms with E-state index in [9.17, 15) is 4.79 Å². The number of nitrogens with zero attached hydrogens (tertiary/aromatic N) is 1.